The number of para-hydroxylation sites is 1. The molecule has 5 nitrogen and oxygen atoms in total. The van der Waals surface area contributed by atoms with Crippen molar-refractivity contribution in [1.29, 1.82) is 0 Å². The van der Waals surface area contributed by atoms with E-state index in [1.807, 2.05) is 18.2 Å². The summed E-state index contributed by atoms with van der Waals surface area (Å²) >= 11 is 1.68. The van der Waals surface area contributed by atoms with Crippen LogP contribution in [0.1, 0.15) is 68.7 Å². The zero-order valence-electron chi connectivity index (χ0n) is 16.9. The minimum atomic E-state index is -0.248. The first-order valence-corrected chi connectivity index (χ1v) is 11.8. The van der Waals surface area contributed by atoms with Crippen molar-refractivity contribution in [3.8, 4) is 0 Å². The van der Waals surface area contributed by atoms with Crippen LogP contribution in [0.3, 0.4) is 0 Å². The molecule has 2 unspecified atom stereocenters. The Morgan fingerprint density at radius 3 is 2.62 bits per heavy atom. The van der Waals surface area contributed by atoms with Crippen molar-refractivity contribution in [1.82, 2.24) is 10.3 Å². The van der Waals surface area contributed by atoms with Crippen LogP contribution in [0.25, 0.3) is 10.2 Å². The first kappa shape index (κ1) is 20.3. The SMILES string of the molecule is O=C(COC(=O)C1CCCCC1c1nc2ccccc2s1)NCC1CCCCC1. The lowest BCUT2D eigenvalue weighted by atomic mass is 9.79. The zero-order valence-corrected chi connectivity index (χ0v) is 17.7. The molecule has 156 valence electrons. The highest BCUT2D eigenvalue weighted by molar-refractivity contribution is 7.18. The maximum Gasteiger partial charge on any atom is 0.310 e. The Kier molecular flexibility index (Phi) is 6.80. The number of rotatable bonds is 6. The molecular weight excluding hydrogens is 384 g/mol. The number of carbonyl (C=O) groups is 2. The molecule has 1 amide bonds. The van der Waals surface area contributed by atoms with Gasteiger partial charge in [-0.1, -0.05) is 44.2 Å². The van der Waals surface area contributed by atoms with E-state index in [0.717, 1.165) is 40.9 Å². The molecule has 0 bridgehead atoms. The van der Waals surface area contributed by atoms with Crippen LogP contribution < -0.4 is 5.32 Å². The number of aromatic nitrogens is 1. The van der Waals surface area contributed by atoms with Gasteiger partial charge in [0.05, 0.1) is 21.1 Å². The first-order chi connectivity index (χ1) is 14.2. The van der Waals surface area contributed by atoms with Gasteiger partial charge in [-0.05, 0) is 43.7 Å². The van der Waals surface area contributed by atoms with Crippen molar-refractivity contribution in [3.05, 3.63) is 29.3 Å². The molecular formula is C23H30N2O3S. The van der Waals surface area contributed by atoms with Gasteiger partial charge in [0, 0.05) is 12.5 Å². The van der Waals surface area contributed by atoms with Gasteiger partial charge in [-0.2, -0.15) is 0 Å². The molecule has 1 N–H and O–H groups in total. The summed E-state index contributed by atoms with van der Waals surface area (Å²) in [6.45, 7) is 0.531. The number of amides is 1. The molecule has 2 atom stereocenters. The van der Waals surface area contributed by atoms with Gasteiger partial charge >= 0.3 is 5.97 Å². The molecule has 29 heavy (non-hydrogen) atoms. The van der Waals surface area contributed by atoms with E-state index in [-0.39, 0.29) is 30.3 Å². The Balaban J connectivity index is 1.31. The normalized spacial score (nSPS) is 23.0. The second-order valence-electron chi connectivity index (χ2n) is 8.43. The van der Waals surface area contributed by atoms with Gasteiger partial charge in [0.15, 0.2) is 6.61 Å². The lowest BCUT2D eigenvalue weighted by Gasteiger charge is -2.28. The Morgan fingerprint density at radius 1 is 1.03 bits per heavy atom. The maximum atomic E-state index is 12.8. The van der Waals surface area contributed by atoms with Crippen molar-refractivity contribution < 1.29 is 14.3 Å². The number of ether oxygens (including phenoxy) is 1. The summed E-state index contributed by atoms with van der Waals surface area (Å²) < 4.78 is 6.59. The van der Waals surface area contributed by atoms with Crippen LogP contribution in [0, 0.1) is 11.8 Å². The van der Waals surface area contributed by atoms with E-state index in [1.54, 1.807) is 11.3 Å². The summed E-state index contributed by atoms with van der Waals surface area (Å²) in [5.41, 5.74) is 0.993. The molecule has 4 rings (SSSR count). The van der Waals surface area contributed by atoms with Crippen molar-refractivity contribution in [3.63, 3.8) is 0 Å². The minimum absolute atomic E-state index is 0.0963. The predicted molar refractivity (Wildman–Crippen MR) is 115 cm³/mol. The van der Waals surface area contributed by atoms with Gasteiger partial charge in [0.1, 0.15) is 0 Å². The van der Waals surface area contributed by atoms with Gasteiger partial charge in [-0.3, -0.25) is 9.59 Å². The maximum absolute atomic E-state index is 12.8. The molecule has 1 aromatic carbocycles. The minimum Gasteiger partial charge on any atom is -0.455 e. The van der Waals surface area contributed by atoms with Gasteiger partial charge < -0.3 is 10.1 Å². The Hall–Kier alpha value is -1.95. The molecule has 2 aliphatic rings. The Labute approximate surface area is 176 Å². The Morgan fingerprint density at radius 2 is 1.79 bits per heavy atom. The second-order valence-corrected chi connectivity index (χ2v) is 9.50. The fraction of sp³-hybridized carbons (Fsp3) is 0.609. The fourth-order valence-electron chi connectivity index (χ4n) is 4.70. The number of hydrogen-bond acceptors (Lipinski definition) is 5. The molecule has 2 aliphatic carbocycles. The van der Waals surface area contributed by atoms with Crippen LogP contribution in [0.4, 0.5) is 0 Å². The summed E-state index contributed by atoms with van der Waals surface area (Å²) in [4.78, 5) is 29.7. The standard InChI is InChI=1S/C23H30N2O3S/c26-21(24-14-16-8-2-1-3-9-16)15-28-23(27)18-11-5-4-10-17(18)22-25-19-12-6-7-13-20(19)29-22/h6-7,12-13,16-18H,1-5,8-11,14-15H2,(H,24,26). The molecule has 0 spiro atoms. The number of nitrogens with zero attached hydrogens (tertiary/aromatic N) is 1. The number of carbonyl (C=O) groups excluding carboxylic acids is 2. The monoisotopic (exact) mass is 414 g/mol. The Bertz CT molecular complexity index is 811. The van der Waals surface area contributed by atoms with Gasteiger partial charge in [0.2, 0.25) is 0 Å². The van der Waals surface area contributed by atoms with Crippen molar-refractivity contribution >= 4 is 33.4 Å². The van der Waals surface area contributed by atoms with E-state index >= 15 is 0 Å². The topological polar surface area (TPSA) is 68.3 Å². The number of esters is 1. The number of nitrogens with one attached hydrogen (secondary N) is 1. The smallest absolute Gasteiger partial charge is 0.310 e. The van der Waals surface area contributed by atoms with Crippen LogP contribution in [0.2, 0.25) is 0 Å². The van der Waals surface area contributed by atoms with E-state index in [1.165, 1.54) is 32.1 Å². The summed E-state index contributed by atoms with van der Waals surface area (Å²) in [6, 6.07) is 8.10. The summed E-state index contributed by atoms with van der Waals surface area (Å²) in [5.74, 6) is 0.0395. The average molecular weight is 415 g/mol. The number of benzene rings is 1. The average Bonchev–Trinajstić information content (AvgIpc) is 3.21. The van der Waals surface area contributed by atoms with Crippen molar-refractivity contribution in [2.45, 2.75) is 63.7 Å². The molecule has 0 saturated heterocycles. The number of thiazole rings is 1. The highest BCUT2D eigenvalue weighted by Crippen LogP contribution is 2.41. The quantitative estimate of drug-likeness (QED) is 0.689. The highest BCUT2D eigenvalue weighted by atomic mass is 32.1. The molecule has 6 heteroatoms. The molecule has 1 aromatic heterocycles. The highest BCUT2D eigenvalue weighted by Gasteiger charge is 2.35. The molecule has 0 aliphatic heterocycles. The van der Waals surface area contributed by atoms with Crippen LogP contribution >= 0.6 is 11.3 Å². The van der Waals surface area contributed by atoms with E-state index < -0.39 is 0 Å². The molecule has 2 saturated carbocycles. The third kappa shape index (κ3) is 5.16. The lowest BCUT2D eigenvalue weighted by Crippen LogP contribution is -2.35. The summed E-state index contributed by atoms with van der Waals surface area (Å²) in [6.07, 6.45) is 10.1. The van der Waals surface area contributed by atoms with E-state index in [0.29, 0.717) is 12.5 Å². The summed E-state index contributed by atoms with van der Waals surface area (Å²) in [5, 5.41) is 3.97. The van der Waals surface area contributed by atoms with Gasteiger partial charge in [-0.25, -0.2) is 4.98 Å². The van der Waals surface area contributed by atoms with E-state index in [2.05, 4.69) is 11.4 Å². The predicted octanol–water partition coefficient (Wildman–Crippen LogP) is 4.81. The second kappa shape index (κ2) is 9.70. The largest absolute Gasteiger partial charge is 0.455 e. The summed E-state index contributed by atoms with van der Waals surface area (Å²) in [7, 11) is 0. The number of hydrogen-bond donors (Lipinski definition) is 1. The molecule has 0 radical (unpaired) electrons. The molecule has 1 heterocycles. The third-order valence-electron chi connectivity index (χ3n) is 6.35. The number of fused-ring (bicyclic) bond motifs is 1. The third-order valence-corrected chi connectivity index (χ3v) is 7.52. The lowest BCUT2D eigenvalue weighted by molar-refractivity contribution is -0.154. The van der Waals surface area contributed by atoms with E-state index in [9.17, 15) is 9.59 Å². The molecule has 2 fully saturated rings. The van der Waals surface area contributed by atoms with Gasteiger partial charge in [-0.15, -0.1) is 11.3 Å². The first-order valence-electron chi connectivity index (χ1n) is 11.0. The van der Waals surface area contributed by atoms with Crippen molar-refractivity contribution in [2.75, 3.05) is 13.2 Å². The molecule has 2 aromatic rings. The van der Waals surface area contributed by atoms with Crippen LogP contribution in [0.5, 0.6) is 0 Å². The van der Waals surface area contributed by atoms with Crippen LogP contribution in [-0.4, -0.2) is 30.0 Å². The van der Waals surface area contributed by atoms with Crippen molar-refractivity contribution in [2.24, 2.45) is 11.8 Å². The van der Waals surface area contributed by atoms with Crippen LogP contribution in [0.15, 0.2) is 24.3 Å². The zero-order chi connectivity index (χ0) is 20.1. The van der Waals surface area contributed by atoms with Crippen LogP contribution in [-0.2, 0) is 14.3 Å². The van der Waals surface area contributed by atoms with E-state index in [4.69, 9.17) is 9.72 Å². The fourth-order valence-corrected chi connectivity index (χ4v) is 5.87. The van der Waals surface area contributed by atoms with Gasteiger partial charge in [0.25, 0.3) is 5.91 Å².